The molecule has 25 heavy (non-hydrogen) atoms. The number of aromatic nitrogens is 1. The quantitative estimate of drug-likeness (QED) is 0.909. The summed E-state index contributed by atoms with van der Waals surface area (Å²) in [6.07, 6.45) is 2.10. The Labute approximate surface area is 155 Å². The van der Waals surface area contributed by atoms with Crippen LogP contribution in [0.1, 0.15) is 35.8 Å². The van der Waals surface area contributed by atoms with Gasteiger partial charge >= 0.3 is 0 Å². The van der Waals surface area contributed by atoms with Gasteiger partial charge in [-0.15, -0.1) is 12.4 Å². The fraction of sp³-hybridized carbons (Fsp3) is 0.474. The van der Waals surface area contributed by atoms with Crippen molar-refractivity contribution in [1.29, 1.82) is 0 Å². The zero-order valence-corrected chi connectivity index (χ0v) is 15.8. The summed E-state index contributed by atoms with van der Waals surface area (Å²) in [4.78, 5) is 19.5. The number of hydrogen-bond donors (Lipinski definition) is 1. The van der Waals surface area contributed by atoms with Gasteiger partial charge in [0.15, 0.2) is 0 Å². The number of rotatable bonds is 3. The Morgan fingerprint density at radius 2 is 2.16 bits per heavy atom. The summed E-state index contributed by atoms with van der Waals surface area (Å²) in [5, 5.41) is 0.950. The first-order valence-electron chi connectivity index (χ1n) is 8.50. The Hall–Kier alpha value is -1.85. The van der Waals surface area contributed by atoms with E-state index in [2.05, 4.69) is 4.98 Å². The number of methoxy groups -OCH3 is 1. The van der Waals surface area contributed by atoms with Gasteiger partial charge in [-0.05, 0) is 50.8 Å². The number of amides is 1. The topological polar surface area (TPSA) is 68.5 Å². The molecule has 1 aromatic heterocycles. The van der Waals surface area contributed by atoms with Crippen molar-refractivity contribution in [2.45, 2.75) is 32.7 Å². The zero-order chi connectivity index (χ0) is 17.3. The monoisotopic (exact) mass is 363 g/mol. The number of hydrogen-bond acceptors (Lipinski definition) is 4. The van der Waals surface area contributed by atoms with Crippen LogP contribution in [0.15, 0.2) is 24.3 Å². The molecule has 5 nitrogen and oxygen atoms in total. The van der Waals surface area contributed by atoms with E-state index < -0.39 is 0 Å². The van der Waals surface area contributed by atoms with E-state index in [0.717, 1.165) is 48.3 Å². The molecule has 0 bridgehead atoms. The highest BCUT2D eigenvalue weighted by atomic mass is 35.5. The van der Waals surface area contributed by atoms with E-state index >= 15 is 0 Å². The first-order valence-corrected chi connectivity index (χ1v) is 8.50. The lowest BCUT2D eigenvalue weighted by Crippen LogP contribution is -2.45. The number of nitrogens with zero attached hydrogens (tertiary/aromatic N) is 2. The number of nitrogens with two attached hydrogens (primary N) is 1. The van der Waals surface area contributed by atoms with Crippen LogP contribution in [0, 0.1) is 12.8 Å². The molecule has 1 amide bonds. The van der Waals surface area contributed by atoms with E-state index in [0.29, 0.717) is 11.5 Å². The second-order valence-corrected chi connectivity index (χ2v) is 6.69. The third-order valence-corrected chi connectivity index (χ3v) is 4.93. The number of benzene rings is 1. The fourth-order valence-electron chi connectivity index (χ4n) is 3.38. The van der Waals surface area contributed by atoms with Gasteiger partial charge in [-0.3, -0.25) is 9.78 Å². The van der Waals surface area contributed by atoms with E-state index in [4.69, 9.17) is 10.5 Å². The maximum atomic E-state index is 13.0. The van der Waals surface area contributed by atoms with E-state index in [1.165, 1.54) is 0 Å². The summed E-state index contributed by atoms with van der Waals surface area (Å²) in [5.74, 6) is 1.20. The van der Waals surface area contributed by atoms with Crippen molar-refractivity contribution in [3.8, 4) is 5.75 Å². The van der Waals surface area contributed by atoms with Crippen LogP contribution in [-0.2, 0) is 0 Å². The molecule has 1 aromatic carbocycles. The maximum Gasteiger partial charge on any atom is 0.255 e. The highest BCUT2D eigenvalue weighted by molar-refractivity contribution is 5.98. The minimum Gasteiger partial charge on any atom is -0.497 e. The summed E-state index contributed by atoms with van der Waals surface area (Å²) < 4.78 is 5.24. The molecular weight excluding hydrogens is 338 g/mol. The normalized spacial score (nSPS) is 18.6. The Kier molecular flexibility index (Phi) is 6.25. The molecule has 1 aliphatic heterocycles. The number of aryl methyl sites for hydroxylation is 1. The summed E-state index contributed by atoms with van der Waals surface area (Å²) in [6.45, 7) is 5.44. The van der Waals surface area contributed by atoms with Crippen LogP contribution in [0.2, 0.25) is 0 Å². The molecule has 1 fully saturated rings. The highest BCUT2D eigenvalue weighted by Gasteiger charge is 2.27. The van der Waals surface area contributed by atoms with Crippen LogP contribution in [0.3, 0.4) is 0 Å². The second-order valence-electron chi connectivity index (χ2n) is 6.69. The fourth-order valence-corrected chi connectivity index (χ4v) is 3.38. The predicted octanol–water partition coefficient (Wildman–Crippen LogP) is 3.17. The van der Waals surface area contributed by atoms with Crippen LogP contribution >= 0.6 is 12.4 Å². The molecule has 2 aromatic rings. The number of pyridine rings is 1. The lowest BCUT2D eigenvalue weighted by molar-refractivity contribution is 0.0660. The van der Waals surface area contributed by atoms with E-state index in [-0.39, 0.29) is 24.4 Å². The molecule has 1 saturated heterocycles. The molecule has 0 saturated carbocycles. The Bertz CT molecular complexity index is 764. The molecule has 2 unspecified atom stereocenters. The van der Waals surface area contributed by atoms with Crippen LogP contribution in [-0.4, -0.2) is 42.0 Å². The molecular formula is C19H26ClN3O2. The van der Waals surface area contributed by atoms with Crippen molar-refractivity contribution in [2.75, 3.05) is 20.2 Å². The van der Waals surface area contributed by atoms with Gasteiger partial charge in [-0.1, -0.05) is 0 Å². The number of carbonyl (C=O) groups excluding carboxylic acids is 1. The van der Waals surface area contributed by atoms with Crippen LogP contribution in [0.25, 0.3) is 10.9 Å². The molecule has 3 rings (SSSR count). The molecule has 6 heteroatoms. The third kappa shape index (κ3) is 4.05. The van der Waals surface area contributed by atoms with Gasteiger partial charge in [0, 0.05) is 30.6 Å². The van der Waals surface area contributed by atoms with Crippen molar-refractivity contribution in [3.05, 3.63) is 35.5 Å². The van der Waals surface area contributed by atoms with Gasteiger partial charge in [-0.25, -0.2) is 0 Å². The highest BCUT2D eigenvalue weighted by Crippen LogP contribution is 2.25. The second kappa shape index (κ2) is 8.02. The van der Waals surface area contributed by atoms with Crippen molar-refractivity contribution >= 4 is 29.2 Å². The van der Waals surface area contributed by atoms with Crippen molar-refractivity contribution in [2.24, 2.45) is 11.7 Å². The molecule has 0 spiro atoms. The summed E-state index contributed by atoms with van der Waals surface area (Å²) >= 11 is 0. The average molecular weight is 364 g/mol. The van der Waals surface area contributed by atoms with Crippen molar-refractivity contribution < 1.29 is 9.53 Å². The van der Waals surface area contributed by atoms with Gasteiger partial charge in [-0.2, -0.15) is 0 Å². The van der Waals surface area contributed by atoms with E-state index in [1.807, 2.05) is 43.0 Å². The number of piperidine rings is 1. The molecule has 0 radical (unpaired) electrons. The number of likely N-dealkylation sites (tertiary alicyclic amines) is 1. The van der Waals surface area contributed by atoms with Crippen LogP contribution in [0.5, 0.6) is 5.75 Å². The predicted molar refractivity (Wildman–Crippen MR) is 103 cm³/mol. The first-order chi connectivity index (χ1) is 11.5. The largest absolute Gasteiger partial charge is 0.497 e. The maximum absolute atomic E-state index is 13.0. The SMILES string of the molecule is COc1ccc2cc(C(=O)N3CCCC(C(C)N)C3)c(C)nc2c1.Cl. The van der Waals surface area contributed by atoms with Gasteiger partial charge in [0.05, 0.1) is 23.9 Å². The van der Waals surface area contributed by atoms with E-state index in [9.17, 15) is 4.79 Å². The standard InChI is InChI=1S/C19H25N3O2.ClH/c1-12(20)15-5-4-8-22(11-15)19(23)17-9-14-6-7-16(24-3)10-18(14)21-13(17)2;/h6-7,9-10,12,15H,4-5,8,11,20H2,1-3H3;1H. The minimum absolute atomic E-state index is 0. The smallest absolute Gasteiger partial charge is 0.255 e. The Morgan fingerprint density at radius 1 is 1.40 bits per heavy atom. The number of halogens is 1. The molecule has 2 N–H and O–H groups in total. The van der Waals surface area contributed by atoms with Gasteiger partial charge < -0.3 is 15.4 Å². The summed E-state index contributed by atoms with van der Waals surface area (Å²) in [5.41, 5.74) is 8.31. The van der Waals surface area contributed by atoms with E-state index in [1.54, 1.807) is 7.11 Å². The summed E-state index contributed by atoms with van der Waals surface area (Å²) in [6, 6.07) is 7.78. The zero-order valence-electron chi connectivity index (χ0n) is 15.0. The number of fused-ring (bicyclic) bond motifs is 1. The van der Waals surface area contributed by atoms with Crippen LogP contribution < -0.4 is 10.5 Å². The number of ether oxygens (including phenoxy) is 1. The third-order valence-electron chi connectivity index (χ3n) is 4.93. The lowest BCUT2D eigenvalue weighted by Gasteiger charge is -2.34. The molecule has 2 heterocycles. The van der Waals surface area contributed by atoms with Gasteiger partial charge in [0.2, 0.25) is 0 Å². The Balaban J connectivity index is 0.00000225. The minimum atomic E-state index is 0. The van der Waals surface area contributed by atoms with Crippen LogP contribution in [0.4, 0.5) is 0 Å². The molecule has 0 aliphatic carbocycles. The Morgan fingerprint density at radius 3 is 2.84 bits per heavy atom. The van der Waals surface area contributed by atoms with Crippen molar-refractivity contribution in [3.63, 3.8) is 0 Å². The average Bonchev–Trinajstić information content (AvgIpc) is 2.60. The van der Waals surface area contributed by atoms with Crippen molar-refractivity contribution in [1.82, 2.24) is 9.88 Å². The lowest BCUT2D eigenvalue weighted by atomic mass is 9.91. The first kappa shape index (κ1) is 19.5. The molecule has 2 atom stereocenters. The van der Waals surface area contributed by atoms with Gasteiger partial charge in [0.1, 0.15) is 5.75 Å². The molecule has 136 valence electrons. The number of carbonyl (C=O) groups is 1. The summed E-state index contributed by atoms with van der Waals surface area (Å²) in [7, 11) is 1.64. The van der Waals surface area contributed by atoms with Gasteiger partial charge in [0.25, 0.3) is 5.91 Å². The molecule has 1 aliphatic rings.